The van der Waals surface area contributed by atoms with Crippen molar-refractivity contribution in [1.82, 2.24) is 13.9 Å². The molecule has 9 heteroatoms. The monoisotopic (exact) mass is 321 g/mol. The Morgan fingerprint density at radius 1 is 1.60 bits per heavy atom. The molecule has 0 radical (unpaired) electrons. The summed E-state index contributed by atoms with van der Waals surface area (Å²) >= 11 is 5.94. The fourth-order valence-electron chi connectivity index (χ4n) is 1.78. The number of carbonyl (C=O) groups excluding carboxylic acids is 1. The number of nitrogens with zero attached hydrogens (tertiary/aromatic N) is 3. The molecule has 1 saturated carbocycles. The van der Waals surface area contributed by atoms with Crippen LogP contribution in [0.5, 0.6) is 0 Å². The molecule has 1 aliphatic carbocycles. The van der Waals surface area contributed by atoms with Crippen LogP contribution in [0.2, 0.25) is 5.15 Å². The minimum absolute atomic E-state index is 0.0273. The van der Waals surface area contributed by atoms with Crippen LogP contribution in [0.3, 0.4) is 0 Å². The number of esters is 1. The van der Waals surface area contributed by atoms with E-state index in [0.717, 1.165) is 17.1 Å². The molecule has 0 unspecified atom stereocenters. The lowest BCUT2D eigenvalue weighted by molar-refractivity contribution is -0.143. The quantitative estimate of drug-likeness (QED) is 0.724. The van der Waals surface area contributed by atoms with E-state index in [1.807, 2.05) is 0 Å². The first-order valence-electron chi connectivity index (χ1n) is 6.22. The Morgan fingerprint density at radius 3 is 2.70 bits per heavy atom. The summed E-state index contributed by atoms with van der Waals surface area (Å²) in [6, 6.07) is -0.178. The molecule has 20 heavy (non-hydrogen) atoms. The number of hydrogen-bond acceptors (Lipinski definition) is 5. The number of aryl methyl sites for hydroxylation is 1. The number of ether oxygens (including phenoxy) is 1. The molecule has 0 saturated heterocycles. The minimum Gasteiger partial charge on any atom is -0.465 e. The van der Waals surface area contributed by atoms with Gasteiger partial charge in [-0.05, 0) is 19.8 Å². The number of carbonyl (C=O) groups is 1. The number of rotatable bonds is 6. The van der Waals surface area contributed by atoms with E-state index in [0.29, 0.717) is 0 Å². The van der Waals surface area contributed by atoms with Crippen molar-refractivity contribution in [2.24, 2.45) is 7.05 Å². The van der Waals surface area contributed by atoms with Crippen LogP contribution in [0, 0.1) is 0 Å². The summed E-state index contributed by atoms with van der Waals surface area (Å²) in [6.45, 7) is 1.57. The van der Waals surface area contributed by atoms with E-state index < -0.39 is 16.0 Å². The predicted molar refractivity (Wildman–Crippen MR) is 71.8 cm³/mol. The largest absolute Gasteiger partial charge is 0.465 e. The molecule has 1 aromatic heterocycles. The highest BCUT2D eigenvalue weighted by Crippen LogP contribution is 2.33. The van der Waals surface area contributed by atoms with E-state index in [-0.39, 0.29) is 29.4 Å². The van der Waals surface area contributed by atoms with Crippen molar-refractivity contribution in [3.8, 4) is 0 Å². The molecular formula is C11H16ClN3O4S. The second kappa shape index (κ2) is 5.71. The molecule has 0 atom stereocenters. The van der Waals surface area contributed by atoms with Crippen LogP contribution in [0.1, 0.15) is 19.8 Å². The van der Waals surface area contributed by atoms with Gasteiger partial charge in [0.25, 0.3) is 10.0 Å². The van der Waals surface area contributed by atoms with Crippen molar-refractivity contribution in [3.05, 3.63) is 11.5 Å². The van der Waals surface area contributed by atoms with Crippen LogP contribution in [0.25, 0.3) is 0 Å². The van der Waals surface area contributed by atoms with E-state index in [1.54, 1.807) is 14.0 Å². The van der Waals surface area contributed by atoms with Crippen molar-refractivity contribution in [2.75, 3.05) is 13.2 Å². The SMILES string of the molecule is CCOC(=O)CN(C1CC1)S(=O)(=O)c1ncn(C)c1Cl. The lowest BCUT2D eigenvalue weighted by Crippen LogP contribution is -2.38. The zero-order chi connectivity index (χ0) is 14.9. The molecule has 0 N–H and O–H groups in total. The zero-order valence-electron chi connectivity index (χ0n) is 11.2. The summed E-state index contributed by atoms with van der Waals surface area (Å²) in [6.07, 6.45) is 2.77. The molecule has 0 spiro atoms. The highest BCUT2D eigenvalue weighted by molar-refractivity contribution is 7.89. The van der Waals surface area contributed by atoms with Crippen LogP contribution in [-0.4, -0.2) is 47.4 Å². The van der Waals surface area contributed by atoms with Gasteiger partial charge in [0.1, 0.15) is 11.7 Å². The first-order chi connectivity index (χ1) is 9.37. The van der Waals surface area contributed by atoms with Gasteiger partial charge in [0, 0.05) is 13.1 Å². The van der Waals surface area contributed by atoms with E-state index in [2.05, 4.69) is 4.98 Å². The number of aromatic nitrogens is 2. The molecule has 2 rings (SSSR count). The van der Waals surface area contributed by atoms with E-state index in [4.69, 9.17) is 16.3 Å². The third-order valence-corrected chi connectivity index (χ3v) is 5.32. The van der Waals surface area contributed by atoms with Crippen molar-refractivity contribution >= 4 is 27.6 Å². The second-order valence-corrected chi connectivity index (χ2v) is 6.70. The standard InChI is InChI=1S/C11H16ClN3O4S/c1-3-19-9(16)6-15(8-4-5-8)20(17,18)11-10(12)14(2)7-13-11/h7-8H,3-6H2,1-2H3. The van der Waals surface area contributed by atoms with Crippen LogP contribution in [-0.2, 0) is 26.6 Å². The lowest BCUT2D eigenvalue weighted by Gasteiger charge is -2.19. The van der Waals surface area contributed by atoms with E-state index in [9.17, 15) is 13.2 Å². The summed E-state index contributed by atoms with van der Waals surface area (Å²) in [4.78, 5) is 15.4. The maximum absolute atomic E-state index is 12.5. The molecule has 1 aromatic rings. The van der Waals surface area contributed by atoms with Gasteiger partial charge in [0.05, 0.1) is 12.9 Å². The van der Waals surface area contributed by atoms with Crippen LogP contribution in [0.15, 0.2) is 11.4 Å². The lowest BCUT2D eigenvalue weighted by atomic mass is 10.6. The first kappa shape index (κ1) is 15.3. The van der Waals surface area contributed by atoms with E-state index >= 15 is 0 Å². The average molecular weight is 322 g/mol. The average Bonchev–Trinajstić information content (AvgIpc) is 3.14. The van der Waals surface area contributed by atoms with Crippen molar-refractivity contribution in [2.45, 2.75) is 30.8 Å². The van der Waals surface area contributed by atoms with Gasteiger partial charge < -0.3 is 9.30 Å². The van der Waals surface area contributed by atoms with Crippen molar-refractivity contribution in [3.63, 3.8) is 0 Å². The van der Waals surface area contributed by atoms with Gasteiger partial charge >= 0.3 is 5.97 Å². The second-order valence-electron chi connectivity index (χ2n) is 4.54. The summed E-state index contributed by atoms with van der Waals surface area (Å²) in [5.41, 5.74) is 0. The van der Waals surface area contributed by atoms with Crippen LogP contribution in [0.4, 0.5) is 0 Å². The molecule has 0 aromatic carbocycles. The molecule has 112 valence electrons. The maximum Gasteiger partial charge on any atom is 0.321 e. The molecular weight excluding hydrogens is 306 g/mol. The fraction of sp³-hybridized carbons (Fsp3) is 0.636. The smallest absolute Gasteiger partial charge is 0.321 e. The first-order valence-corrected chi connectivity index (χ1v) is 8.04. The summed E-state index contributed by atoms with van der Waals surface area (Å²) < 4.78 is 32.4. The van der Waals surface area contributed by atoms with Crippen LogP contribution >= 0.6 is 11.6 Å². The van der Waals surface area contributed by atoms with Crippen LogP contribution < -0.4 is 0 Å². The Kier molecular flexibility index (Phi) is 4.36. The number of sulfonamides is 1. The number of halogens is 1. The molecule has 0 amide bonds. The maximum atomic E-state index is 12.5. The Labute approximate surface area is 122 Å². The zero-order valence-corrected chi connectivity index (χ0v) is 12.8. The minimum atomic E-state index is -3.89. The molecule has 0 bridgehead atoms. The summed E-state index contributed by atoms with van der Waals surface area (Å²) in [5, 5.41) is -0.197. The fourth-order valence-corrected chi connectivity index (χ4v) is 3.81. The van der Waals surface area contributed by atoms with Gasteiger partial charge in [-0.3, -0.25) is 4.79 Å². The number of imidazole rings is 1. The Bertz CT molecular complexity index is 609. The molecule has 1 aliphatic rings. The van der Waals surface area contributed by atoms with Gasteiger partial charge in [-0.1, -0.05) is 11.6 Å². The van der Waals surface area contributed by atoms with E-state index in [1.165, 1.54) is 10.9 Å². The Hall–Kier alpha value is -1.12. The third kappa shape index (κ3) is 2.97. The highest BCUT2D eigenvalue weighted by Gasteiger charge is 2.41. The van der Waals surface area contributed by atoms with Crippen molar-refractivity contribution < 1.29 is 17.9 Å². The Balaban J connectivity index is 2.28. The van der Waals surface area contributed by atoms with Gasteiger partial charge in [0.15, 0.2) is 0 Å². The highest BCUT2D eigenvalue weighted by atomic mass is 35.5. The van der Waals surface area contributed by atoms with Gasteiger partial charge in [-0.25, -0.2) is 13.4 Å². The molecule has 7 nitrogen and oxygen atoms in total. The molecule has 0 aliphatic heterocycles. The third-order valence-electron chi connectivity index (χ3n) is 2.93. The summed E-state index contributed by atoms with van der Waals surface area (Å²) in [5.74, 6) is -0.574. The van der Waals surface area contributed by atoms with Gasteiger partial charge in [-0.2, -0.15) is 4.31 Å². The van der Waals surface area contributed by atoms with Crippen molar-refractivity contribution in [1.29, 1.82) is 0 Å². The predicted octanol–water partition coefficient (Wildman–Crippen LogP) is 0.790. The van der Waals surface area contributed by atoms with Gasteiger partial charge in [0.2, 0.25) is 5.03 Å². The number of hydrogen-bond donors (Lipinski definition) is 0. The topological polar surface area (TPSA) is 81.5 Å². The summed E-state index contributed by atoms with van der Waals surface area (Å²) in [7, 11) is -2.29. The molecule has 1 heterocycles. The van der Waals surface area contributed by atoms with Gasteiger partial charge in [-0.15, -0.1) is 0 Å². The molecule has 1 fully saturated rings. The normalized spacial score (nSPS) is 15.6. The Morgan fingerprint density at radius 2 is 2.25 bits per heavy atom.